The summed E-state index contributed by atoms with van der Waals surface area (Å²) in [7, 11) is 1.47. The first kappa shape index (κ1) is 83.9. The lowest BCUT2D eigenvalue weighted by Gasteiger charge is -2.38. The molecule has 9 rings (SSSR count). The van der Waals surface area contributed by atoms with Crippen molar-refractivity contribution in [1.29, 1.82) is 0 Å². The maximum Gasteiger partial charge on any atom is 0.407 e. The number of H-pyrrole nitrogens is 2. The molecule has 10 N–H and O–H groups in total. The standard InChI is InChI=1S/C81H99F3N12O15/c1-13-29-110-78(108)88-42-68(100)89-45(3)71(101)90-62(32-51-40-86-59-25-21-53(82)34-57(51)59)72(102)91-64(33-52-41-87-60-26-22-54(83)35-58(52)60)75(105)95-43-55(84)36-65(95)73(103)94-70(47(5)111-79(6,7)8)74(104)92-63(31-49-19-23-56(109-12)24-20-49)76(106)96-28-14-27-81(96,11)77(107)93-61(46(4)97)30-48-15-17-50(18-16-48)39-85-44(2)69-66(98)37-80(9,10)38-67(69)99/h13,15-26,34-35,40-41,45,47,55,61-65,70,86-87,98H,1,14,27-33,36-39,42-43H2,2-12H3,(H,88,108)(H,89,100)(H,90,101)(H,91,102)(H,92,104)(H,93,107)(H,94,103)/t45-,47-,55+,61+,62+,63+,64+,65+,70+,81+/m1/s1. The molecule has 9 amide bonds. The summed E-state index contributed by atoms with van der Waals surface area (Å²) in [6.07, 6.45) is -0.198. The van der Waals surface area contributed by atoms with Gasteiger partial charge in [0, 0.05) is 85.0 Å². The van der Waals surface area contributed by atoms with Gasteiger partial charge in [-0.1, -0.05) is 62.9 Å². The number of alkyl carbamates (subject to hydrolysis) is 1. The number of amides is 9. The highest BCUT2D eigenvalue weighted by molar-refractivity contribution is 6.22. The quantitative estimate of drug-likeness (QED) is 0.0146. The van der Waals surface area contributed by atoms with Crippen molar-refractivity contribution in [3.63, 3.8) is 0 Å². The predicted molar refractivity (Wildman–Crippen MR) is 407 cm³/mol. The van der Waals surface area contributed by atoms with Gasteiger partial charge in [-0.15, -0.1) is 0 Å². The van der Waals surface area contributed by atoms with E-state index in [1.54, 1.807) is 71.0 Å². The van der Waals surface area contributed by atoms with Crippen molar-refractivity contribution >= 4 is 92.4 Å². The third-order valence-corrected chi connectivity index (χ3v) is 20.1. The van der Waals surface area contributed by atoms with Crippen LogP contribution < -0.4 is 42.0 Å². The van der Waals surface area contributed by atoms with E-state index in [1.807, 2.05) is 26.0 Å². The average molecular weight is 1540 g/mol. The van der Waals surface area contributed by atoms with Gasteiger partial charge in [-0.2, -0.15) is 0 Å². The lowest BCUT2D eigenvalue weighted by molar-refractivity contribution is -0.148. The number of likely N-dealkylation sites (tertiary alicyclic amines) is 2. The van der Waals surface area contributed by atoms with Crippen LogP contribution in [0.5, 0.6) is 5.75 Å². The van der Waals surface area contributed by atoms with E-state index in [1.165, 1.54) is 87.6 Å². The lowest BCUT2D eigenvalue weighted by atomic mass is 9.76. The third kappa shape index (κ3) is 21.7. The van der Waals surface area contributed by atoms with Gasteiger partial charge in [-0.05, 0) is 156 Å². The minimum Gasteiger partial charge on any atom is -0.511 e. The van der Waals surface area contributed by atoms with Crippen LogP contribution in [-0.2, 0) is 89.6 Å². The Morgan fingerprint density at radius 1 is 0.721 bits per heavy atom. The van der Waals surface area contributed by atoms with Gasteiger partial charge >= 0.3 is 6.09 Å². The van der Waals surface area contributed by atoms with Crippen molar-refractivity contribution in [2.45, 2.75) is 199 Å². The summed E-state index contributed by atoms with van der Waals surface area (Å²) in [5.74, 6) is -8.53. The number of rotatable bonds is 32. The fourth-order valence-electron chi connectivity index (χ4n) is 14.3. The minimum atomic E-state index is -1.88. The number of aliphatic hydroxyl groups is 1. The van der Waals surface area contributed by atoms with Crippen LogP contribution in [0.1, 0.15) is 129 Å². The molecule has 0 spiro atoms. The zero-order chi connectivity index (χ0) is 81.0. The summed E-state index contributed by atoms with van der Waals surface area (Å²) in [5.41, 5.74) is 1.19. The number of aromatic amines is 2. The molecule has 2 saturated heterocycles. The number of fused-ring (bicyclic) bond motifs is 2. The van der Waals surface area contributed by atoms with Crippen LogP contribution in [0.4, 0.5) is 18.0 Å². The molecule has 4 heterocycles. The van der Waals surface area contributed by atoms with E-state index in [9.17, 15) is 38.3 Å². The molecule has 27 nitrogen and oxygen atoms in total. The monoisotopic (exact) mass is 1540 g/mol. The van der Waals surface area contributed by atoms with Gasteiger partial charge in [0.15, 0.2) is 11.6 Å². The van der Waals surface area contributed by atoms with Crippen molar-refractivity contribution < 1.29 is 85.2 Å². The van der Waals surface area contributed by atoms with Crippen molar-refractivity contribution in [3.8, 4) is 5.75 Å². The van der Waals surface area contributed by atoms with Crippen LogP contribution in [-0.4, -0.2) is 195 Å². The second-order valence-corrected chi connectivity index (χ2v) is 30.6. The molecule has 10 atom stereocenters. The molecule has 2 fully saturated rings. The number of halogens is 3. The molecular formula is C81H99F3N12O15. The summed E-state index contributed by atoms with van der Waals surface area (Å²) < 4.78 is 62.9. The van der Waals surface area contributed by atoms with E-state index in [0.717, 1.165) is 10.5 Å². The molecule has 111 heavy (non-hydrogen) atoms. The molecule has 3 aliphatic rings. The summed E-state index contributed by atoms with van der Waals surface area (Å²) in [6.45, 7) is 18.5. The fourth-order valence-corrected chi connectivity index (χ4v) is 14.3. The third-order valence-electron chi connectivity index (χ3n) is 20.1. The Balaban J connectivity index is 0.965. The Bertz CT molecular complexity index is 4570. The first-order chi connectivity index (χ1) is 52.4. The Morgan fingerprint density at radius 2 is 1.29 bits per heavy atom. The molecule has 0 radical (unpaired) electrons. The summed E-state index contributed by atoms with van der Waals surface area (Å²) in [6, 6.07) is 10.9. The van der Waals surface area contributed by atoms with Crippen molar-refractivity contribution in [3.05, 3.63) is 161 Å². The molecule has 0 unspecified atom stereocenters. The van der Waals surface area contributed by atoms with Crippen molar-refractivity contribution in [2.24, 2.45) is 10.4 Å². The first-order valence-electron chi connectivity index (χ1n) is 36.9. The van der Waals surface area contributed by atoms with Gasteiger partial charge in [-0.3, -0.25) is 52.9 Å². The lowest BCUT2D eigenvalue weighted by Crippen LogP contribution is -2.64. The van der Waals surface area contributed by atoms with E-state index in [-0.39, 0.29) is 91.1 Å². The predicted octanol–water partition coefficient (Wildman–Crippen LogP) is 7.32. The number of hydrogen-bond donors (Lipinski definition) is 10. The number of allylic oxidation sites excluding steroid dienone is 2. The SMILES string of the molecule is C=CCOC(=O)NCC(=O)N[C@H](C)C(=O)N[C@@H](Cc1c[nH]c2ccc(F)cc12)C(=O)N[C@@H](Cc1c[nH]c2ccc(F)cc12)C(=O)N1C[C@@H](F)C[C@H]1C(=O)N[C@H](C(=O)N[C@@H](Cc1ccc(OC)cc1)C(=O)N1CCC[C@@]1(C)C(=O)N[C@@H](Cc1ccc(CN=C(C)C2=C(O)CC(C)(C)CC2=O)cc1)C(C)=O)[C@@H](C)OC(C)(C)C. The highest BCUT2D eigenvalue weighted by Crippen LogP contribution is 2.37. The zero-order valence-corrected chi connectivity index (χ0v) is 64.3. The smallest absolute Gasteiger partial charge is 0.407 e. The van der Waals surface area contributed by atoms with Crippen molar-refractivity contribution in [2.75, 3.05) is 33.4 Å². The number of methoxy groups -OCH3 is 1. The maximum absolute atomic E-state index is 16.4. The number of ether oxygens (including phenoxy) is 3. The van der Waals surface area contributed by atoms with Crippen molar-refractivity contribution in [1.82, 2.24) is 57.0 Å². The highest BCUT2D eigenvalue weighted by atomic mass is 19.1. The number of hydrogen-bond acceptors (Lipinski definition) is 16. The molecule has 0 bridgehead atoms. The molecular weight excluding hydrogens is 1440 g/mol. The van der Waals surface area contributed by atoms with E-state index in [4.69, 9.17) is 14.2 Å². The number of aliphatic hydroxyl groups excluding tert-OH is 1. The van der Waals surface area contributed by atoms with Crippen LogP contribution in [0.2, 0.25) is 0 Å². The summed E-state index contributed by atoms with van der Waals surface area (Å²) >= 11 is 0. The number of nitrogens with zero attached hydrogens (tertiary/aromatic N) is 3. The number of aliphatic imine (C=N–C) groups is 1. The molecule has 2 aromatic heterocycles. The molecule has 30 heteroatoms. The Kier molecular flexibility index (Phi) is 27.3. The average Bonchev–Trinajstić information content (AvgIpc) is 1.67. The van der Waals surface area contributed by atoms with Gasteiger partial charge in [-0.25, -0.2) is 18.0 Å². The number of aromatic nitrogens is 2. The van der Waals surface area contributed by atoms with Crippen LogP contribution in [0, 0.1) is 17.0 Å². The second kappa shape index (κ2) is 36.1. The molecule has 4 aromatic carbocycles. The highest BCUT2D eigenvalue weighted by Gasteiger charge is 2.50. The second-order valence-electron chi connectivity index (χ2n) is 30.6. The van der Waals surface area contributed by atoms with E-state index >= 15 is 32.8 Å². The van der Waals surface area contributed by atoms with Gasteiger partial charge in [0.25, 0.3) is 0 Å². The Morgan fingerprint density at radius 3 is 1.87 bits per heavy atom. The van der Waals surface area contributed by atoms with Crippen LogP contribution in [0.3, 0.4) is 0 Å². The minimum absolute atomic E-state index is 0.0130. The van der Waals surface area contributed by atoms with Gasteiger partial charge in [0.2, 0.25) is 47.3 Å². The molecule has 1 aliphatic carbocycles. The Hall–Kier alpha value is -11.2. The maximum atomic E-state index is 16.4. The molecule has 6 aromatic rings. The first-order valence-corrected chi connectivity index (χ1v) is 36.9. The van der Waals surface area contributed by atoms with Crippen LogP contribution in [0.25, 0.3) is 21.8 Å². The normalized spacial score (nSPS) is 19.0. The topological polar surface area (TPSA) is 370 Å². The number of carbonyl (C=O) groups is 11. The van der Waals surface area contributed by atoms with Gasteiger partial charge < -0.3 is 76.3 Å². The molecule has 594 valence electrons. The van der Waals surface area contributed by atoms with Crippen LogP contribution in [0.15, 0.2) is 126 Å². The number of ketones is 2. The van der Waals surface area contributed by atoms with E-state index in [2.05, 4.69) is 58.8 Å². The fraction of sp³-hybridized carbons (Fsp3) is 0.457. The zero-order valence-electron chi connectivity index (χ0n) is 64.3. The molecule has 2 aliphatic heterocycles. The Labute approximate surface area is 641 Å². The summed E-state index contributed by atoms with van der Waals surface area (Å²) in [4.78, 5) is 170. The largest absolute Gasteiger partial charge is 0.511 e. The molecule has 0 saturated carbocycles. The number of nitrogens with one attached hydrogen (secondary N) is 9. The van der Waals surface area contributed by atoms with Crippen LogP contribution >= 0.6 is 0 Å². The number of Topliss-reactive ketones (excluding diaryl/α,β-unsaturated/α-hetero) is 2. The van der Waals surface area contributed by atoms with E-state index < -0.39 is 157 Å². The number of alkyl halides is 1. The van der Waals surface area contributed by atoms with E-state index in [0.29, 0.717) is 57.4 Å². The summed E-state index contributed by atoms with van der Waals surface area (Å²) in [5, 5.41) is 29.8. The number of carbonyl (C=O) groups excluding carboxylic acids is 11. The van der Waals surface area contributed by atoms with Gasteiger partial charge in [0.1, 0.15) is 84.3 Å². The number of benzene rings is 4. The van der Waals surface area contributed by atoms with Gasteiger partial charge in [0.05, 0.1) is 43.5 Å².